The van der Waals surface area contributed by atoms with E-state index >= 15 is 0 Å². The number of anilines is 1. The standard InChI is InChI=1S/C25H38N4O2/c1-28-14-8-9-19-17-20(12-13-22(19)28)23(29-15-6-7-16-29)18-26-24(30)25(31)27-21-10-4-2-3-5-11-21/h12-13,17,21,23H,2-11,14-16,18H2,1H3,(H,26,30)(H,27,31)/t23-/m1/s1. The Balaban J connectivity index is 1.40. The van der Waals surface area contributed by atoms with Crippen LogP contribution in [0.4, 0.5) is 5.69 Å². The topological polar surface area (TPSA) is 64.7 Å². The Labute approximate surface area is 186 Å². The van der Waals surface area contributed by atoms with E-state index in [-0.39, 0.29) is 12.1 Å². The molecular formula is C25H38N4O2. The summed E-state index contributed by atoms with van der Waals surface area (Å²) in [6.07, 6.45) is 11.4. The van der Waals surface area contributed by atoms with Crippen LogP contribution < -0.4 is 15.5 Å². The van der Waals surface area contributed by atoms with Crippen LogP contribution in [0.2, 0.25) is 0 Å². The number of hydrogen-bond donors (Lipinski definition) is 2. The van der Waals surface area contributed by atoms with Crippen molar-refractivity contribution in [1.82, 2.24) is 15.5 Å². The van der Waals surface area contributed by atoms with Crippen molar-refractivity contribution in [1.29, 1.82) is 0 Å². The number of amides is 2. The van der Waals surface area contributed by atoms with Gasteiger partial charge in [-0.05, 0) is 68.8 Å². The van der Waals surface area contributed by atoms with Crippen molar-refractivity contribution in [2.24, 2.45) is 0 Å². The summed E-state index contributed by atoms with van der Waals surface area (Å²) in [5.74, 6) is -0.967. The molecule has 31 heavy (non-hydrogen) atoms. The molecule has 6 heteroatoms. The number of nitrogens with zero attached hydrogens (tertiary/aromatic N) is 2. The first-order chi connectivity index (χ1) is 15.1. The molecule has 2 amide bonds. The Bertz CT molecular complexity index is 767. The Morgan fingerprint density at radius 3 is 2.45 bits per heavy atom. The number of aryl methyl sites for hydroxylation is 1. The normalized spacial score (nSPS) is 21.3. The molecule has 1 saturated carbocycles. The smallest absolute Gasteiger partial charge is 0.309 e. The van der Waals surface area contributed by atoms with Crippen molar-refractivity contribution in [3.8, 4) is 0 Å². The molecule has 2 N–H and O–H groups in total. The highest BCUT2D eigenvalue weighted by Gasteiger charge is 2.27. The first kappa shape index (κ1) is 22.1. The maximum Gasteiger partial charge on any atom is 0.309 e. The van der Waals surface area contributed by atoms with E-state index in [0.717, 1.165) is 51.7 Å². The lowest BCUT2D eigenvalue weighted by molar-refractivity contribution is -0.139. The van der Waals surface area contributed by atoms with Crippen LogP contribution in [-0.2, 0) is 16.0 Å². The predicted octanol–water partition coefficient (Wildman–Crippen LogP) is 3.16. The van der Waals surface area contributed by atoms with Gasteiger partial charge in [-0.3, -0.25) is 14.5 Å². The van der Waals surface area contributed by atoms with Crippen molar-refractivity contribution in [2.75, 3.05) is 38.1 Å². The minimum Gasteiger partial charge on any atom is -0.374 e. The number of carbonyl (C=O) groups excluding carboxylic acids is 2. The van der Waals surface area contributed by atoms with Gasteiger partial charge in [0.1, 0.15) is 0 Å². The highest BCUT2D eigenvalue weighted by Crippen LogP contribution is 2.31. The fourth-order valence-corrected chi connectivity index (χ4v) is 5.47. The lowest BCUT2D eigenvalue weighted by Gasteiger charge is -2.32. The summed E-state index contributed by atoms with van der Waals surface area (Å²) in [4.78, 5) is 29.8. The third-order valence-corrected chi connectivity index (χ3v) is 7.27. The summed E-state index contributed by atoms with van der Waals surface area (Å²) >= 11 is 0. The van der Waals surface area contributed by atoms with E-state index < -0.39 is 11.8 Å². The quantitative estimate of drug-likeness (QED) is 0.561. The van der Waals surface area contributed by atoms with Gasteiger partial charge in [0.05, 0.1) is 6.04 Å². The first-order valence-electron chi connectivity index (χ1n) is 12.3. The van der Waals surface area contributed by atoms with Crippen LogP contribution in [0.5, 0.6) is 0 Å². The van der Waals surface area contributed by atoms with E-state index in [4.69, 9.17) is 0 Å². The van der Waals surface area contributed by atoms with Gasteiger partial charge in [-0.15, -0.1) is 0 Å². The molecule has 2 heterocycles. The van der Waals surface area contributed by atoms with Gasteiger partial charge in [0.25, 0.3) is 0 Å². The van der Waals surface area contributed by atoms with Crippen LogP contribution in [0.15, 0.2) is 18.2 Å². The molecule has 2 fully saturated rings. The van der Waals surface area contributed by atoms with Gasteiger partial charge >= 0.3 is 11.8 Å². The number of hydrogen-bond acceptors (Lipinski definition) is 4. The second kappa shape index (κ2) is 10.5. The van der Waals surface area contributed by atoms with Crippen molar-refractivity contribution in [2.45, 2.75) is 76.3 Å². The fraction of sp³-hybridized carbons (Fsp3) is 0.680. The molecule has 1 aliphatic carbocycles. The van der Waals surface area contributed by atoms with Gasteiger partial charge in [-0.1, -0.05) is 37.8 Å². The van der Waals surface area contributed by atoms with Crippen LogP contribution in [0.25, 0.3) is 0 Å². The molecule has 0 unspecified atom stereocenters. The zero-order valence-corrected chi connectivity index (χ0v) is 19.0. The van der Waals surface area contributed by atoms with Crippen LogP contribution in [0, 0.1) is 0 Å². The number of nitrogens with one attached hydrogen (secondary N) is 2. The highest BCUT2D eigenvalue weighted by atomic mass is 16.2. The highest BCUT2D eigenvalue weighted by molar-refractivity contribution is 6.35. The van der Waals surface area contributed by atoms with Gasteiger partial charge in [0, 0.05) is 31.9 Å². The van der Waals surface area contributed by atoms with Crippen molar-refractivity contribution < 1.29 is 9.59 Å². The van der Waals surface area contributed by atoms with Crippen molar-refractivity contribution >= 4 is 17.5 Å². The Morgan fingerprint density at radius 2 is 1.71 bits per heavy atom. The SMILES string of the molecule is CN1CCCc2cc([C@@H](CNC(=O)C(=O)NC3CCCCCC3)N3CCCC3)ccc21. The molecule has 1 atom stereocenters. The van der Waals surface area contributed by atoms with Gasteiger partial charge in [0.15, 0.2) is 0 Å². The molecule has 6 nitrogen and oxygen atoms in total. The number of carbonyl (C=O) groups is 2. The van der Waals surface area contributed by atoms with Gasteiger partial charge in [-0.25, -0.2) is 0 Å². The summed E-state index contributed by atoms with van der Waals surface area (Å²) in [5, 5.41) is 5.92. The van der Waals surface area contributed by atoms with Crippen LogP contribution in [-0.4, -0.2) is 56.0 Å². The Kier molecular flexibility index (Phi) is 7.49. The maximum atomic E-state index is 12.6. The van der Waals surface area contributed by atoms with E-state index in [2.05, 4.69) is 45.7 Å². The zero-order valence-electron chi connectivity index (χ0n) is 19.0. The molecule has 0 aromatic heterocycles. The van der Waals surface area contributed by atoms with E-state index in [1.165, 1.54) is 48.9 Å². The molecule has 3 aliphatic rings. The average Bonchev–Trinajstić information content (AvgIpc) is 3.18. The average molecular weight is 427 g/mol. The Morgan fingerprint density at radius 1 is 0.968 bits per heavy atom. The van der Waals surface area contributed by atoms with Crippen molar-refractivity contribution in [3.63, 3.8) is 0 Å². The third kappa shape index (κ3) is 5.59. The van der Waals surface area contributed by atoms with E-state index in [9.17, 15) is 9.59 Å². The predicted molar refractivity (Wildman–Crippen MR) is 124 cm³/mol. The lowest BCUT2D eigenvalue weighted by atomic mass is 9.96. The molecule has 0 spiro atoms. The zero-order chi connectivity index (χ0) is 21.6. The minimum atomic E-state index is -0.494. The monoisotopic (exact) mass is 426 g/mol. The number of likely N-dealkylation sites (tertiary alicyclic amines) is 1. The second-order valence-corrected chi connectivity index (χ2v) is 9.54. The van der Waals surface area contributed by atoms with Gasteiger partial charge in [0.2, 0.25) is 0 Å². The van der Waals surface area contributed by atoms with E-state index in [1.807, 2.05) is 0 Å². The molecule has 1 aromatic rings. The molecule has 2 aliphatic heterocycles. The number of fused-ring (bicyclic) bond motifs is 1. The summed E-state index contributed by atoms with van der Waals surface area (Å²) in [6, 6.07) is 7.03. The molecule has 4 rings (SSSR count). The molecule has 1 saturated heterocycles. The molecule has 0 bridgehead atoms. The summed E-state index contributed by atoms with van der Waals surface area (Å²) in [6.45, 7) is 3.68. The largest absolute Gasteiger partial charge is 0.374 e. The molecular weight excluding hydrogens is 388 g/mol. The molecule has 1 aromatic carbocycles. The summed E-state index contributed by atoms with van der Waals surface area (Å²) < 4.78 is 0. The number of benzene rings is 1. The molecule has 170 valence electrons. The Hall–Kier alpha value is -2.08. The van der Waals surface area contributed by atoms with Crippen molar-refractivity contribution in [3.05, 3.63) is 29.3 Å². The summed E-state index contributed by atoms with van der Waals surface area (Å²) in [7, 11) is 2.16. The first-order valence-corrected chi connectivity index (χ1v) is 12.3. The van der Waals surface area contributed by atoms with Crippen LogP contribution in [0.3, 0.4) is 0 Å². The molecule has 0 radical (unpaired) electrons. The fourth-order valence-electron chi connectivity index (χ4n) is 5.47. The summed E-state index contributed by atoms with van der Waals surface area (Å²) in [5.41, 5.74) is 3.97. The van der Waals surface area contributed by atoms with Crippen LogP contribution >= 0.6 is 0 Å². The van der Waals surface area contributed by atoms with Crippen LogP contribution in [0.1, 0.15) is 75.0 Å². The van der Waals surface area contributed by atoms with E-state index in [1.54, 1.807) is 0 Å². The maximum absolute atomic E-state index is 12.6. The van der Waals surface area contributed by atoms with Gasteiger partial charge < -0.3 is 15.5 Å². The minimum absolute atomic E-state index is 0.120. The van der Waals surface area contributed by atoms with E-state index in [0.29, 0.717) is 6.54 Å². The number of rotatable bonds is 5. The third-order valence-electron chi connectivity index (χ3n) is 7.27. The van der Waals surface area contributed by atoms with Gasteiger partial charge in [-0.2, -0.15) is 0 Å². The second-order valence-electron chi connectivity index (χ2n) is 9.54. The lowest BCUT2D eigenvalue weighted by Crippen LogP contribution is -2.46.